The van der Waals surface area contributed by atoms with Crippen molar-refractivity contribution in [2.24, 2.45) is 0 Å². The number of carbonyl (C=O) groups is 1. The first-order valence-corrected chi connectivity index (χ1v) is 11.5. The van der Waals surface area contributed by atoms with E-state index in [1.165, 1.54) is 5.56 Å². The molecule has 0 fully saturated rings. The van der Waals surface area contributed by atoms with Crippen molar-refractivity contribution in [3.8, 4) is 5.69 Å². The Hall–Kier alpha value is -3.32. The highest BCUT2D eigenvalue weighted by Crippen LogP contribution is 2.28. The van der Waals surface area contributed by atoms with Crippen molar-refractivity contribution in [2.75, 3.05) is 0 Å². The van der Waals surface area contributed by atoms with E-state index in [9.17, 15) is 4.79 Å². The van der Waals surface area contributed by atoms with Crippen LogP contribution in [0, 0.1) is 6.92 Å². The molecular weight excluding hydrogens is 420 g/mol. The average molecular weight is 447 g/mol. The lowest BCUT2D eigenvalue weighted by Gasteiger charge is -2.12. The van der Waals surface area contributed by atoms with Crippen molar-refractivity contribution in [1.82, 2.24) is 20.1 Å². The molecule has 6 nitrogen and oxygen atoms in total. The normalized spacial score (nSPS) is 11.1. The van der Waals surface area contributed by atoms with Crippen molar-refractivity contribution in [3.63, 3.8) is 0 Å². The van der Waals surface area contributed by atoms with E-state index < -0.39 is 0 Å². The number of amides is 1. The fourth-order valence-electron chi connectivity index (χ4n) is 3.27. The number of nitrogens with zero attached hydrogens (tertiary/aromatic N) is 3. The second kappa shape index (κ2) is 9.87. The monoisotopic (exact) mass is 446 g/mol. The molecule has 0 aliphatic rings. The summed E-state index contributed by atoms with van der Waals surface area (Å²) in [6.07, 6.45) is 1.59. The smallest absolute Gasteiger partial charge is 0.251 e. The van der Waals surface area contributed by atoms with Crippen LogP contribution in [0.4, 0.5) is 0 Å². The van der Waals surface area contributed by atoms with E-state index in [1.54, 1.807) is 24.1 Å². The minimum atomic E-state index is -0.124. The Morgan fingerprint density at radius 1 is 1.06 bits per heavy atom. The molecule has 0 aliphatic heterocycles. The number of aromatic nitrogens is 3. The maximum Gasteiger partial charge on any atom is 0.251 e. The third-order valence-corrected chi connectivity index (χ3v) is 6.05. The van der Waals surface area contributed by atoms with Crippen molar-refractivity contribution >= 4 is 17.7 Å². The summed E-state index contributed by atoms with van der Waals surface area (Å²) in [6.45, 7) is 6.70. The van der Waals surface area contributed by atoms with Gasteiger partial charge in [-0.2, -0.15) is 0 Å². The Balaban J connectivity index is 1.43. The second-order valence-corrected chi connectivity index (χ2v) is 8.86. The van der Waals surface area contributed by atoms with Crippen LogP contribution < -0.4 is 5.32 Å². The van der Waals surface area contributed by atoms with E-state index in [0.717, 1.165) is 33.7 Å². The number of aryl methyl sites for hydroxylation is 1. The largest absolute Gasteiger partial charge is 0.467 e. The Morgan fingerprint density at radius 2 is 1.81 bits per heavy atom. The maximum atomic E-state index is 12.3. The standard InChI is InChI=1S/C25H26N4O2S/c1-17(2)23-27-28-25(29(23)21-12-6-18(3)7-13-21)32-16-19-8-10-20(11-9-19)24(30)26-15-22-5-4-14-31-22/h4-14,17H,15-16H2,1-3H3,(H,26,30). The molecule has 0 unspecified atom stereocenters. The Labute approximate surface area is 192 Å². The third kappa shape index (κ3) is 5.11. The van der Waals surface area contributed by atoms with E-state index in [0.29, 0.717) is 12.1 Å². The summed E-state index contributed by atoms with van der Waals surface area (Å²) in [7, 11) is 0. The fraction of sp³-hybridized carbons (Fsp3) is 0.240. The average Bonchev–Trinajstić information content (AvgIpc) is 3.47. The van der Waals surface area contributed by atoms with Crippen molar-refractivity contribution in [1.29, 1.82) is 0 Å². The van der Waals surface area contributed by atoms with Gasteiger partial charge in [0.15, 0.2) is 5.16 Å². The first-order chi connectivity index (χ1) is 15.5. The zero-order valence-electron chi connectivity index (χ0n) is 18.4. The molecule has 164 valence electrons. The molecule has 4 rings (SSSR count). The van der Waals surface area contributed by atoms with Crippen LogP contribution in [-0.4, -0.2) is 20.7 Å². The summed E-state index contributed by atoms with van der Waals surface area (Å²) in [5.74, 6) is 2.54. The number of furan rings is 1. The lowest BCUT2D eigenvalue weighted by Crippen LogP contribution is -2.22. The van der Waals surface area contributed by atoms with Crippen LogP contribution in [0.5, 0.6) is 0 Å². The van der Waals surface area contributed by atoms with Gasteiger partial charge in [-0.1, -0.05) is 55.4 Å². The maximum absolute atomic E-state index is 12.3. The molecule has 32 heavy (non-hydrogen) atoms. The van der Waals surface area contributed by atoms with Gasteiger partial charge in [0.1, 0.15) is 11.6 Å². The van der Waals surface area contributed by atoms with Gasteiger partial charge in [0.2, 0.25) is 0 Å². The number of benzene rings is 2. The lowest BCUT2D eigenvalue weighted by molar-refractivity contribution is 0.0948. The number of rotatable bonds is 8. The Bertz CT molecular complexity index is 1160. The van der Waals surface area contributed by atoms with Gasteiger partial charge in [0.25, 0.3) is 5.91 Å². The quantitative estimate of drug-likeness (QED) is 0.361. The highest BCUT2D eigenvalue weighted by molar-refractivity contribution is 7.98. The molecule has 0 saturated heterocycles. The van der Waals surface area contributed by atoms with Gasteiger partial charge >= 0.3 is 0 Å². The predicted octanol–water partition coefficient (Wildman–Crippen LogP) is 5.51. The first-order valence-electron chi connectivity index (χ1n) is 10.6. The number of nitrogens with one attached hydrogen (secondary N) is 1. The third-order valence-electron chi connectivity index (χ3n) is 5.05. The molecule has 1 N–H and O–H groups in total. The molecule has 0 spiro atoms. The van der Waals surface area contributed by atoms with Gasteiger partial charge in [-0.15, -0.1) is 10.2 Å². The molecular formula is C25H26N4O2S. The van der Waals surface area contributed by atoms with Gasteiger partial charge in [-0.05, 0) is 48.9 Å². The molecule has 0 aliphatic carbocycles. The molecule has 2 aromatic carbocycles. The van der Waals surface area contributed by atoms with Crippen molar-refractivity contribution in [3.05, 3.63) is 95.2 Å². The van der Waals surface area contributed by atoms with E-state index in [2.05, 4.69) is 65.1 Å². The molecule has 2 heterocycles. The number of carbonyl (C=O) groups excluding carboxylic acids is 1. The summed E-state index contributed by atoms with van der Waals surface area (Å²) in [5, 5.41) is 12.6. The SMILES string of the molecule is Cc1ccc(-n2c(SCc3ccc(C(=O)NCc4ccco4)cc3)nnc2C(C)C)cc1. The van der Waals surface area contributed by atoms with Gasteiger partial charge < -0.3 is 9.73 Å². The van der Waals surface area contributed by atoms with Crippen LogP contribution in [0.25, 0.3) is 5.69 Å². The molecule has 2 aromatic heterocycles. The lowest BCUT2D eigenvalue weighted by atomic mass is 10.1. The van der Waals surface area contributed by atoms with E-state index in [-0.39, 0.29) is 11.8 Å². The number of thioether (sulfide) groups is 1. The molecule has 0 radical (unpaired) electrons. The zero-order valence-corrected chi connectivity index (χ0v) is 19.2. The van der Waals surface area contributed by atoms with E-state index >= 15 is 0 Å². The molecule has 1 amide bonds. The Kier molecular flexibility index (Phi) is 6.75. The second-order valence-electron chi connectivity index (χ2n) is 7.91. The van der Waals surface area contributed by atoms with Gasteiger partial charge in [-0.3, -0.25) is 9.36 Å². The molecule has 4 aromatic rings. The summed E-state index contributed by atoms with van der Waals surface area (Å²) in [5.41, 5.74) is 4.02. The van der Waals surface area contributed by atoms with Gasteiger partial charge in [-0.25, -0.2) is 0 Å². The molecule has 0 atom stereocenters. The summed E-state index contributed by atoms with van der Waals surface area (Å²) in [6, 6.07) is 19.7. The van der Waals surface area contributed by atoms with Crippen LogP contribution in [0.2, 0.25) is 0 Å². The van der Waals surface area contributed by atoms with Crippen LogP contribution in [0.3, 0.4) is 0 Å². The van der Waals surface area contributed by atoms with Crippen LogP contribution in [-0.2, 0) is 12.3 Å². The van der Waals surface area contributed by atoms with Gasteiger partial charge in [0, 0.05) is 22.9 Å². The zero-order chi connectivity index (χ0) is 22.5. The number of hydrogen-bond donors (Lipinski definition) is 1. The van der Waals surface area contributed by atoms with E-state index in [1.807, 2.05) is 30.3 Å². The predicted molar refractivity (Wildman–Crippen MR) is 126 cm³/mol. The molecule has 0 bridgehead atoms. The Morgan fingerprint density at radius 3 is 2.47 bits per heavy atom. The molecule has 7 heteroatoms. The van der Waals surface area contributed by atoms with Crippen LogP contribution in [0.15, 0.2) is 76.5 Å². The minimum Gasteiger partial charge on any atom is -0.467 e. The minimum absolute atomic E-state index is 0.124. The fourth-order valence-corrected chi connectivity index (χ4v) is 4.18. The van der Waals surface area contributed by atoms with Crippen molar-refractivity contribution in [2.45, 2.75) is 44.1 Å². The summed E-state index contributed by atoms with van der Waals surface area (Å²) < 4.78 is 7.38. The van der Waals surface area contributed by atoms with E-state index in [4.69, 9.17) is 4.42 Å². The van der Waals surface area contributed by atoms with Crippen LogP contribution in [0.1, 0.15) is 52.8 Å². The van der Waals surface area contributed by atoms with Crippen molar-refractivity contribution < 1.29 is 9.21 Å². The van der Waals surface area contributed by atoms with Gasteiger partial charge in [0.05, 0.1) is 12.8 Å². The van der Waals surface area contributed by atoms with Crippen LogP contribution >= 0.6 is 11.8 Å². The molecule has 0 saturated carbocycles. The first kappa shape index (κ1) is 21.9. The number of hydrogen-bond acceptors (Lipinski definition) is 5. The topological polar surface area (TPSA) is 73.0 Å². The highest BCUT2D eigenvalue weighted by Gasteiger charge is 2.17. The summed E-state index contributed by atoms with van der Waals surface area (Å²) in [4.78, 5) is 12.3. The highest BCUT2D eigenvalue weighted by atomic mass is 32.2. The summed E-state index contributed by atoms with van der Waals surface area (Å²) >= 11 is 1.64.